The number of hydrogen-bond acceptors (Lipinski definition) is 2. The lowest BCUT2D eigenvalue weighted by Gasteiger charge is -1.97. The van der Waals surface area contributed by atoms with Gasteiger partial charge in [0, 0.05) is 11.5 Å². The minimum absolute atomic E-state index is 0.815. The minimum Gasteiger partial charge on any atom is -0.265 e. The monoisotopic (exact) mass is 289 g/mol. The van der Waals surface area contributed by atoms with E-state index in [1.54, 1.807) is 10.9 Å². The maximum Gasteiger partial charge on any atom is 0.111 e. The highest BCUT2D eigenvalue weighted by atomic mass is 79.9. The maximum absolute atomic E-state index is 4.26. The number of halogens is 2. The fourth-order valence-electron chi connectivity index (χ4n) is 1.10. The normalized spacial score (nSPS) is 10.9. The van der Waals surface area contributed by atoms with Gasteiger partial charge in [-0.2, -0.15) is 5.10 Å². The van der Waals surface area contributed by atoms with Gasteiger partial charge in [-0.3, -0.25) is 4.68 Å². The van der Waals surface area contributed by atoms with Gasteiger partial charge in [0.05, 0.1) is 6.20 Å². The van der Waals surface area contributed by atoms with Crippen LogP contribution in [0.2, 0.25) is 0 Å². The van der Waals surface area contributed by atoms with Crippen molar-refractivity contribution in [3.8, 4) is 0 Å². The molecule has 0 N–H and O–H groups in total. The van der Waals surface area contributed by atoms with Crippen molar-refractivity contribution >= 4 is 42.9 Å². The third-order valence-electron chi connectivity index (χ3n) is 1.62. The van der Waals surface area contributed by atoms with Gasteiger partial charge in [0.2, 0.25) is 0 Å². The Morgan fingerprint density at radius 2 is 2.17 bits per heavy atom. The topological polar surface area (TPSA) is 30.7 Å². The molecule has 3 nitrogen and oxygen atoms in total. The van der Waals surface area contributed by atoms with E-state index in [0.717, 1.165) is 20.1 Å². The van der Waals surface area contributed by atoms with E-state index in [1.807, 2.05) is 13.1 Å². The molecule has 0 amide bonds. The first-order valence-corrected chi connectivity index (χ1v) is 4.91. The fourth-order valence-corrected chi connectivity index (χ4v) is 2.51. The molecule has 0 radical (unpaired) electrons. The highest BCUT2D eigenvalue weighted by molar-refractivity contribution is 9.11. The first kappa shape index (κ1) is 8.19. The summed E-state index contributed by atoms with van der Waals surface area (Å²) in [5.41, 5.74) is 1.90. The van der Waals surface area contributed by atoms with Gasteiger partial charge in [-0.25, -0.2) is 4.98 Å². The summed E-state index contributed by atoms with van der Waals surface area (Å²) in [5, 5.41) is 4.10. The minimum atomic E-state index is 0.815. The summed E-state index contributed by atoms with van der Waals surface area (Å²) in [5.74, 6) is 0. The van der Waals surface area contributed by atoms with Crippen LogP contribution < -0.4 is 0 Å². The quantitative estimate of drug-likeness (QED) is 0.698. The van der Waals surface area contributed by atoms with Crippen LogP contribution >= 0.6 is 31.9 Å². The lowest BCUT2D eigenvalue weighted by Crippen LogP contribution is -1.90. The molecule has 2 aromatic rings. The molecule has 0 aliphatic rings. The highest BCUT2D eigenvalue weighted by Gasteiger charge is 2.05. The molecule has 0 aliphatic carbocycles. The van der Waals surface area contributed by atoms with Crippen molar-refractivity contribution < 1.29 is 0 Å². The Balaban J connectivity index is 2.93. The lowest BCUT2D eigenvalue weighted by molar-refractivity contribution is 0.795. The number of fused-ring (bicyclic) bond motifs is 1. The van der Waals surface area contributed by atoms with E-state index in [-0.39, 0.29) is 0 Å². The number of hydrogen-bond donors (Lipinski definition) is 0. The highest BCUT2D eigenvalue weighted by Crippen LogP contribution is 2.24. The van der Waals surface area contributed by atoms with Crippen LogP contribution in [0.4, 0.5) is 0 Å². The maximum atomic E-state index is 4.26. The molecular formula is C7H5Br2N3. The van der Waals surface area contributed by atoms with Gasteiger partial charge in [-0.15, -0.1) is 0 Å². The summed E-state index contributed by atoms with van der Waals surface area (Å²) in [6.45, 7) is 0. The zero-order valence-corrected chi connectivity index (χ0v) is 9.42. The lowest BCUT2D eigenvalue weighted by atomic mass is 10.4. The van der Waals surface area contributed by atoms with E-state index in [4.69, 9.17) is 0 Å². The summed E-state index contributed by atoms with van der Waals surface area (Å²) in [6.07, 6.45) is 1.74. The van der Waals surface area contributed by atoms with E-state index in [9.17, 15) is 0 Å². The van der Waals surface area contributed by atoms with Crippen LogP contribution in [0.15, 0.2) is 21.3 Å². The van der Waals surface area contributed by atoms with Crippen molar-refractivity contribution in [3.05, 3.63) is 21.3 Å². The third-order valence-corrected chi connectivity index (χ3v) is 2.63. The van der Waals surface area contributed by atoms with E-state index in [2.05, 4.69) is 41.9 Å². The smallest absolute Gasteiger partial charge is 0.111 e. The van der Waals surface area contributed by atoms with E-state index < -0.39 is 0 Å². The zero-order chi connectivity index (χ0) is 8.72. The fraction of sp³-hybridized carbons (Fsp3) is 0.143. The van der Waals surface area contributed by atoms with Crippen molar-refractivity contribution in [2.24, 2.45) is 7.05 Å². The van der Waals surface area contributed by atoms with Crippen LogP contribution in [0.5, 0.6) is 0 Å². The molecule has 2 rings (SSSR count). The predicted octanol–water partition coefficient (Wildman–Crippen LogP) is 2.49. The second kappa shape index (κ2) is 2.81. The van der Waals surface area contributed by atoms with Crippen LogP contribution in [-0.2, 0) is 7.05 Å². The van der Waals surface area contributed by atoms with Gasteiger partial charge in [0.1, 0.15) is 15.6 Å². The summed E-state index contributed by atoms with van der Waals surface area (Å²) in [7, 11) is 1.89. The molecule has 5 heteroatoms. The molecule has 2 heterocycles. The van der Waals surface area contributed by atoms with Crippen molar-refractivity contribution in [2.75, 3.05) is 0 Å². The van der Waals surface area contributed by atoms with Crippen molar-refractivity contribution in [1.82, 2.24) is 14.8 Å². The molecule has 0 aromatic carbocycles. The molecular weight excluding hydrogens is 286 g/mol. The Kier molecular flexibility index (Phi) is 1.92. The van der Waals surface area contributed by atoms with Gasteiger partial charge in [0.15, 0.2) is 0 Å². The Hall–Kier alpha value is -0.420. The van der Waals surface area contributed by atoms with Gasteiger partial charge >= 0.3 is 0 Å². The van der Waals surface area contributed by atoms with Crippen molar-refractivity contribution in [1.29, 1.82) is 0 Å². The molecule has 0 atom stereocenters. The Morgan fingerprint density at radius 1 is 1.42 bits per heavy atom. The second-order valence-corrected chi connectivity index (χ2v) is 4.10. The van der Waals surface area contributed by atoms with E-state index in [1.165, 1.54) is 0 Å². The Bertz CT molecular complexity index is 435. The second-order valence-electron chi connectivity index (χ2n) is 2.43. The van der Waals surface area contributed by atoms with Gasteiger partial charge in [-0.1, -0.05) is 0 Å². The number of aromatic nitrogens is 3. The van der Waals surface area contributed by atoms with Gasteiger partial charge in [0.25, 0.3) is 0 Å². The summed E-state index contributed by atoms with van der Waals surface area (Å²) < 4.78 is 3.60. The van der Waals surface area contributed by atoms with Crippen molar-refractivity contribution in [3.63, 3.8) is 0 Å². The number of aryl methyl sites for hydroxylation is 1. The predicted molar refractivity (Wildman–Crippen MR) is 53.9 cm³/mol. The van der Waals surface area contributed by atoms with Crippen LogP contribution in [0, 0.1) is 0 Å². The molecule has 0 fully saturated rings. The first-order chi connectivity index (χ1) is 5.68. The summed E-state index contributed by atoms with van der Waals surface area (Å²) in [6, 6.07) is 1.91. The van der Waals surface area contributed by atoms with Crippen LogP contribution in [0.25, 0.3) is 11.0 Å². The number of rotatable bonds is 0. The van der Waals surface area contributed by atoms with E-state index >= 15 is 0 Å². The largest absolute Gasteiger partial charge is 0.265 e. The molecule has 0 saturated carbocycles. The molecule has 0 aliphatic heterocycles. The number of pyridine rings is 1. The SMILES string of the molecule is Cn1ncc2nc(Br)cc(Br)c21. The average molecular weight is 291 g/mol. The molecule has 62 valence electrons. The molecule has 0 saturated heterocycles. The van der Waals surface area contributed by atoms with Crippen molar-refractivity contribution in [2.45, 2.75) is 0 Å². The Morgan fingerprint density at radius 3 is 2.92 bits per heavy atom. The Labute approximate surface area is 86.0 Å². The summed E-state index contributed by atoms with van der Waals surface area (Å²) in [4.78, 5) is 4.26. The molecule has 0 bridgehead atoms. The van der Waals surface area contributed by atoms with Gasteiger partial charge in [-0.05, 0) is 37.9 Å². The van der Waals surface area contributed by atoms with Crippen LogP contribution in [0.1, 0.15) is 0 Å². The first-order valence-electron chi connectivity index (χ1n) is 3.32. The molecule has 12 heavy (non-hydrogen) atoms. The standard InChI is InChI=1S/C7H5Br2N3/c1-12-7-4(8)2-6(9)11-5(7)3-10-12/h2-3H,1H3. The summed E-state index contributed by atoms with van der Waals surface area (Å²) >= 11 is 6.76. The number of nitrogens with zero attached hydrogens (tertiary/aromatic N) is 3. The van der Waals surface area contributed by atoms with Gasteiger partial charge < -0.3 is 0 Å². The van der Waals surface area contributed by atoms with Crippen LogP contribution in [0.3, 0.4) is 0 Å². The molecule has 0 spiro atoms. The van der Waals surface area contributed by atoms with Crippen LogP contribution in [-0.4, -0.2) is 14.8 Å². The van der Waals surface area contributed by atoms with E-state index in [0.29, 0.717) is 0 Å². The zero-order valence-electron chi connectivity index (χ0n) is 6.25. The third kappa shape index (κ3) is 1.17. The molecule has 0 unspecified atom stereocenters. The average Bonchev–Trinajstić information content (AvgIpc) is 2.31. The molecule has 2 aromatic heterocycles.